The first kappa shape index (κ1) is 12.5. The summed E-state index contributed by atoms with van der Waals surface area (Å²) in [6, 6.07) is 5.14. The Bertz CT molecular complexity index is 548. The topological polar surface area (TPSA) is 56.0 Å². The van der Waals surface area contributed by atoms with Gasteiger partial charge in [-0.2, -0.15) is 0 Å². The molecule has 0 saturated carbocycles. The molecule has 1 atom stereocenters. The Hall–Kier alpha value is -0.910. The van der Waals surface area contributed by atoms with Gasteiger partial charge in [0, 0.05) is 16.8 Å². The van der Waals surface area contributed by atoms with Gasteiger partial charge in [-0.3, -0.25) is 4.21 Å². The third-order valence-corrected chi connectivity index (χ3v) is 5.17. The number of nitrogens with two attached hydrogens (primary N) is 1. The standard InChI is InChI=1S/C11H11ClN2OS2/c1-7-5-16-10(14-7)6-17(15)11-8(12)3-2-4-9(11)13/h2-5H,6,13H2,1H3. The number of anilines is 1. The molecule has 0 spiro atoms. The van der Waals surface area contributed by atoms with Crippen LogP contribution in [0, 0.1) is 6.92 Å². The van der Waals surface area contributed by atoms with Crippen LogP contribution in [0.2, 0.25) is 5.02 Å². The second-order valence-corrected chi connectivity index (χ2v) is 6.27. The van der Waals surface area contributed by atoms with Crippen LogP contribution in [0.25, 0.3) is 0 Å². The summed E-state index contributed by atoms with van der Waals surface area (Å²) in [7, 11) is -1.25. The lowest BCUT2D eigenvalue weighted by atomic mass is 10.3. The van der Waals surface area contributed by atoms with Crippen molar-refractivity contribution in [2.45, 2.75) is 17.6 Å². The lowest BCUT2D eigenvalue weighted by Gasteiger charge is -2.06. The number of benzene rings is 1. The molecule has 0 fully saturated rings. The molecular weight excluding hydrogens is 276 g/mol. The highest BCUT2D eigenvalue weighted by Crippen LogP contribution is 2.27. The van der Waals surface area contributed by atoms with Gasteiger partial charge in [-0.1, -0.05) is 17.7 Å². The highest BCUT2D eigenvalue weighted by atomic mass is 35.5. The van der Waals surface area contributed by atoms with Crippen LogP contribution in [-0.2, 0) is 16.6 Å². The fraction of sp³-hybridized carbons (Fsp3) is 0.182. The lowest BCUT2D eigenvalue weighted by molar-refractivity contribution is 0.683. The maximum absolute atomic E-state index is 12.2. The Morgan fingerprint density at radius 1 is 1.53 bits per heavy atom. The van der Waals surface area contributed by atoms with Gasteiger partial charge in [0.25, 0.3) is 0 Å². The number of hydrogen-bond acceptors (Lipinski definition) is 4. The van der Waals surface area contributed by atoms with Crippen molar-refractivity contribution in [3.8, 4) is 0 Å². The summed E-state index contributed by atoms with van der Waals surface area (Å²) < 4.78 is 12.2. The molecule has 1 aromatic heterocycles. The van der Waals surface area contributed by atoms with Crippen LogP contribution in [0.5, 0.6) is 0 Å². The fourth-order valence-corrected chi connectivity index (χ4v) is 4.06. The van der Waals surface area contributed by atoms with E-state index < -0.39 is 10.8 Å². The third-order valence-electron chi connectivity index (χ3n) is 2.15. The smallest absolute Gasteiger partial charge is 0.106 e. The zero-order chi connectivity index (χ0) is 12.4. The monoisotopic (exact) mass is 286 g/mol. The van der Waals surface area contributed by atoms with Gasteiger partial charge in [0.15, 0.2) is 0 Å². The molecule has 1 aromatic carbocycles. The van der Waals surface area contributed by atoms with Crippen LogP contribution < -0.4 is 5.73 Å². The summed E-state index contributed by atoms with van der Waals surface area (Å²) >= 11 is 7.50. The molecule has 2 aromatic rings. The summed E-state index contributed by atoms with van der Waals surface area (Å²) in [5.74, 6) is 0.354. The Kier molecular flexibility index (Phi) is 3.81. The van der Waals surface area contributed by atoms with E-state index in [1.807, 2.05) is 12.3 Å². The number of nitrogens with zero attached hydrogens (tertiary/aromatic N) is 1. The molecule has 0 amide bonds. The summed E-state index contributed by atoms with van der Waals surface area (Å²) in [4.78, 5) is 4.78. The average Bonchev–Trinajstić information content (AvgIpc) is 2.63. The minimum Gasteiger partial charge on any atom is -0.398 e. The Labute approximate surface area is 111 Å². The first-order chi connectivity index (χ1) is 8.08. The highest BCUT2D eigenvalue weighted by Gasteiger charge is 2.14. The normalized spacial score (nSPS) is 12.6. The minimum atomic E-state index is -1.25. The number of halogens is 1. The van der Waals surface area contributed by atoms with E-state index in [4.69, 9.17) is 17.3 Å². The van der Waals surface area contributed by atoms with Gasteiger partial charge in [-0.15, -0.1) is 11.3 Å². The van der Waals surface area contributed by atoms with Gasteiger partial charge < -0.3 is 5.73 Å². The zero-order valence-corrected chi connectivity index (χ0v) is 11.5. The van der Waals surface area contributed by atoms with E-state index >= 15 is 0 Å². The molecule has 90 valence electrons. The molecule has 2 N–H and O–H groups in total. The van der Waals surface area contributed by atoms with Crippen LogP contribution >= 0.6 is 22.9 Å². The van der Waals surface area contributed by atoms with Crippen LogP contribution in [0.15, 0.2) is 28.5 Å². The number of nitrogen functional groups attached to an aromatic ring is 1. The minimum absolute atomic E-state index is 0.354. The maximum atomic E-state index is 12.2. The first-order valence-corrected chi connectivity index (χ1v) is 7.49. The van der Waals surface area contributed by atoms with Gasteiger partial charge in [-0.25, -0.2) is 4.98 Å². The number of aryl methyl sites for hydroxylation is 1. The second kappa shape index (κ2) is 5.16. The predicted molar refractivity (Wildman–Crippen MR) is 72.8 cm³/mol. The van der Waals surface area contributed by atoms with Crippen molar-refractivity contribution in [2.24, 2.45) is 0 Å². The van der Waals surface area contributed by atoms with Crippen LogP contribution in [0.1, 0.15) is 10.7 Å². The van der Waals surface area contributed by atoms with Gasteiger partial charge in [0.1, 0.15) is 5.01 Å². The van der Waals surface area contributed by atoms with Crippen molar-refractivity contribution < 1.29 is 4.21 Å². The summed E-state index contributed by atoms with van der Waals surface area (Å²) in [5, 5.41) is 3.21. The summed E-state index contributed by atoms with van der Waals surface area (Å²) in [5.41, 5.74) is 7.19. The fourth-order valence-electron chi connectivity index (χ4n) is 1.42. The number of aromatic nitrogens is 1. The van der Waals surface area contributed by atoms with Gasteiger partial charge in [0.05, 0.1) is 26.5 Å². The Balaban J connectivity index is 2.26. The average molecular weight is 287 g/mol. The predicted octanol–water partition coefficient (Wildman–Crippen LogP) is 2.99. The zero-order valence-electron chi connectivity index (χ0n) is 9.14. The summed E-state index contributed by atoms with van der Waals surface area (Å²) in [6.07, 6.45) is 0. The third kappa shape index (κ3) is 2.86. The molecular formula is C11H11ClN2OS2. The molecule has 1 heterocycles. The van der Waals surface area contributed by atoms with Crippen molar-refractivity contribution in [2.75, 3.05) is 5.73 Å². The molecule has 3 nitrogen and oxygen atoms in total. The van der Waals surface area contributed by atoms with E-state index in [0.29, 0.717) is 21.4 Å². The second-order valence-electron chi connectivity index (χ2n) is 3.53. The van der Waals surface area contributed by atoms with Crippen molar-refractivity contribution in [1.82, 2.24) is 4.98 Å². The molecule has 17 heavy (non-hydrogen) atoms. The van der Waals surface area contributed by atoms with E-state index in [-0.39, 0.29) is 0 Å². The van der Waals surface area contributed by atoms with Gasteiger partial charge in [0.2, 0.25) is 0 Å². The van der Waals surface area contributed by atoms with Crippen molar-refractivity contribution >= 4 is 39.4 Å². The Morgan fingerprint density at radius 2 is 2.29 bits per heavy atom. The van der Waals surface area contributed by atoms with E-state index in [1.165, 1.54) is 11.3 Å². The SMILES string of the molecule is Cc1csc(CS(=O)c2c(N)cccc2Cl)n1. The molecule has 0 aliphatic heterocycles. The van der Waals surface area contributed by atoms with Crippen molar-refractivity contribution in [3.05, 3.63) is 39.3 Å². The maximum Gasteiger partial charge on any atom is 0.106 e. The van der Waals surface area contributed by atoms with E-state index in [1.54, 1.807) is 18.2 Å². The molecule has 0 aliphatic rings. The Morgan fingerprint density at radius 3 is 2.88 bits per heavy atom. The number of hydrogen-bond donors (Lipinski definition) is 1. The van der Waals surface area contributed by atoms with Gasteiger partial charge >= 0.3 is 0 Å². The van der Waals surface area contributed by atoms with E-state index in [0.717, 1.165) is 10.7 Å². The first-order valence-electron chi connectivity index (χ1n) is 4.91. The molecule has 1 unspecified atom stereocenters. The largest absolute Gasteiger partial charge is 0.398 e. The summed E-state index contributed by atoms with van der Waals surface area (Å²) in [6.45, 7) is 1.91. The van der Waals surface area contributed by atoms with E-state index in [2.05, 4.69) is 4.98 Å². The molecule has 6 heteroatoms. The molecule has 0 bridgehead atoms. The number of rotatable bonds is 3. The highest BCUT2D eigenvalue weighted by molar-refractivity contribution is 7.84. The van der Waals surface area contributed by atoms with Crippen LogP contribution in [-0.4, -0.2) is 9.19 Å². The van der Waals surface area contributed by atoms with Crippen molar-refractivity contribution in [3.63, 3.8) is 0 Å². The van der Waals surface area contributed by atoms with Crippen molar-refractivity contribution in [1.29, 1.82) is 0 Å². The quantitative estimate of drug-likeness (QED) is 0.883. The molecule has 0 radical (unpaired) electrons. The van der Waals surface area contributed by atoms with Gasteiger partial charge in [-0.05, 0) is 19.1 Å². The van der Waals surface area contributed by atoms with Crippen LogP contribution in [0.4, 0.5) is 5.69 Å². The molecule has 2 rings (SSSR count). The number of thiazole rings is 1. The van der Waals surface area contributed by atoms with E-state index in [9.17, 15) is 4.21 Å². The molecule has 0 aliphatic carbocycles. The molecule has 0 saturated heterocycles. The van der Waals surface area contributed by atoms with Crippen LogP contribution in [0.3, 0.4) is 0 Å². The lowest BCUT2D eigenvalue weighted by Crippen LogP contribution is -2.01.